The molecule has 4 fully saturated rings. The number of hydrogen-bond acceptors (Lipinski definition) is 0. The summed E-state index contributed by atoms with van der Waals surface area (Å²) in [7, 11) is 0. The first-order valence-corrected chi connectivity index (χ1v) is 9.14. The van der Waals surface area contributed by atoms with Crippen LogP contribution in [0.25, 0.3) is 0 Å². The molecule has 6 unspecified atom stereocenters. The third kappa shape index (κ3) is 1.64. The van der Waals surface area contributed by atoms with Crippen LogP contribution >= 0.6 is 0 Å². The molecule has 0 aromatic carbocycles. The molecule has 0 amide bonds. The highest BCUT2D eigenvalue weighted by atomic mass is 14.6. The zero-order chi connectivity index (χ0) is 13.1. The van der Waals surface area contributed by atoms with E-state index >= 15 is 0 Å². The van der Waals surface area contributed by atoms with Crippen molar-refractivity contribution in [2.45, 2.75) is 84.5 Å². The lowest BCUT2D eigenvalue weighted by molar-refractivity contribution is -0.105. The topological polar surface area (TPSA) is 0 Å². The summed E-state index contributed by atoms with van der Waals surface area (Å²) in [4.78, 5) is 0. The minimum atomic E-state index is 0.704. The van der Waals surface area contributed by atoms with E-state index in [0.717, 1.165) is 23.7 Å². The normalized spacial score (nSPS) is 57.2. The van der Waals surface area contributed by atoms with Crippen LogP contribution in [0.3, 0.4) is 0 Å². The summed E-state index contributed by atoms with van der Waals surface area (Å²) in [5, 5.41) is 0. The molecule has 4 aliphatic carbocycles. The predicted octanol–water partition coefficient (Wildman–Crippen LogP) is 5.81. The molecule has 4 rings (SSSR count). The van der Waals surface area contributed by atoms with Crippen molar-refractivity contribution in [1.29, 1.82) is 0 Å². The molecule has 0 aliphatic heterocycles. The molecule has 0 heteroatoms. The van der Waals surface area contributed by atoms with Crippen molar-refractivity contribution in [3.63, 3.8) is 0 Å². The standard InChI is InChI=1S/C19H32/c1-18-11-5-12-19(18,2)17-9-8-14-6-3-4-7-15(14)16(17)10-13-18/h14-17H,3-13H2,1-2H3. The minimum Gasteiger partial charge on any atom is -0.0591 e. The Labute approximate surface area is 119 Å². The molecule has 0 radical (unpaired) electrons. The van der Waals surface area contributed by atoms with Gasteiger partial charge in [0.2, 0.25) is 0 Å². The fourth-order valence-electron chi connectivity index (χ4n) is 7.23. The van der Waals surface area contributed by atoms with Crippen molar-refractivity contribution in [2.75, 3.05) is 0 Å². The molecule has 19 heavy (non-hydrogen) atoms. The van der Waals surface area contributed by atoms with Gasteiger partial charge in [-0.25, -0.2) is 0 Å². The highest BCUT2D eigenvalue weighted by Crippen LogP contribution is 2.68. The number of rotatable bonds is 0. The molecule has 0 bridgehead atoms. The lowest BCUT2D eigenvalue weighted by Gasteiger charge is -2.60. The third-order valence-corrected chi connectivity index (χ3v) is 8.53. The Hall–Kier alpha value is 0. The Morgan fingerprint density at radius 3 is 2.42 bits per heavy atom. The fraction of sp³-hybridized carbons (Fsp3) is 1.00. The average Bonchev–Trinajstić information content (AvgIpc) is 2.74. The zero-order valence-electron chi connectivity index (χ0n) is 13.1. The Morgan fingerprint density at radius 2 is 1.53 bits per heavy atom. The van der Waals surface area contributed by atoms with E-state index in [1.807, 2.05) is 0 Å². The van der Waals surface area contributed by atoms with Crippen molar-refractivity contribution in [3.8, 4) is 0 Å². The Kier molecular flexibility index (Phi) is 2.84. The molecule has 0 N–H and O–H groups in total. The fourth-order valence-corrected chi connectivity index (χ4v) is 7.23. The van der Waals surface area contributed by atoms with E-state index in [2.05, 4.69) is 13.8 Å². The first kappa shape index (κ1) is 12.7. The summed E-state index contributed by atoms with van der Waals surface area (Å²) in [6.45, 7) is 5.34. The molecule has 0 aromatic rings. The molecule has 4 saturated carbocycles. The van der Waals surface area contributed by atoms with Gasteiger partial charge >= 0.3 is 0 Å². The predicted molar refractivity (Wildman–Crippen MR) is 81.0 cm³/mol. The van der Waals surface area contributed by atoms with Crippen molar-refractivity contribution in [2.24, 2.45) is 34.5 Å². The molecule has 108 valence electrons. The van der Waals surface area contributed by atoms with Crippen molar-refractivity contribution in [3.05, 3.63) is 0 Å². The van der Waals surface area contributed by atoms with E-state index in [-0.39, 0.29) is 0 Å². The molecule has 0 nitrogen and oxygen atoms in total. The van der Waals surface area contributed by atoms with E-state index < -0.39 is 0 Å². The van der Waals surface area contributed by atoms with Crippen molar-refractivity contribution in [1.82, 2.24) is 0 Å². The van der Waals surface area contributed by atoms with Gasteiger partial charge in [0.25, 0.3) is 0 Å². The van der Waals surface area contributed by atoms with Gasteiger partial charge in [-0.15, -0.1) is 0 Å². The smallest absolute Gasteiger partial charge is 0.0241 e. The molecule has 0 saturated heterocycles. The van der Waals surface area contributed by atoms with Gasteiger partial charge in [0.05, 0.1) is 0 Å². The average molecular weight is 260 g/mol. The van der Waals surface area contributed by atoms with Crippen LogP contribution in [0.15, 0.2) is 0 Å². The van der Waals surface area contributed by atoms with Crippen LogP contribution in [0.4, 0.5) is 0 Å². The maximum atomic E-state index is 2.69. The van der Waals surface area contributed by atoms with E-state index in [4.69, 9.17) is 0 Å². The van der Waals surface area contributed by atoms with Crippen LogP contribution in [-0.4, -0.2) is 0 Å². The molecule has 6 atom stereocenters. The Balaban J connectivity index is 1.65. The zero-order valence-corrected chi connectivity index (χ0v) is 13.1. The van der Waals surface area contributed by atoms with Crippen molar-refractivity contribution >= 4 is 0 Å². The highest BCUT2D eigenvalue weighted by molar-refractivity contribution is 5.09. The second kappa shape index (κ2) is 4.25. The van der Waals surface area contributed by atoms with Crippen LogP contribution in [0.1, 0.15) is 84.5 Å². The number of fused-ring (bicyclic) bond motifs is 5. The van der Waals surface area contributed by atoms with Crippen LogP contribution in [0, 0.1) is 34.5 Å². The van der Waals surface area contributed by atoms with Crippen molar-refractivity contribution < 1.29 is 0 Å². The first-order valence-electron chi connectivity index (χ1n) is 9.14. The van der Waals surface area contributed by atoms with Gasteiger partial charge in [0.15, 0.2) is 0 Å². The third-order valence-electron chi connectivity index (χ3n) is 8.53. The van der Waals surface area contributed by atoms with E-state index in [9.17, 15) is 0 Å². The maximum absolute atomic E-state index is 2.69. The molecule has 0 heterocycles. The van der Waals surface area contributed by atoms with Gasteiger partial charge in [-0.2, -0.15) is 0 Å². The summed E-state index contributed by atoms with van der Waals surface area (Å²) in [5.74, 6) is 4.47. The summed E-state index contributed by atoms with van der Waals surface area (Å²) >= 11 is 0. The van der Waals surface area contributed by atoms with Crippen LogP contribution < -0.4 is 0 Å². The van der Waals surface area contributed by atoms with Gasteiger partial charge in [-0.05, 0) is 79.4 Å². The lowest BCUT2D eigenvalue weighted by Crippen LogP contribution is -2.52. The van der Waals surface area contributed by atoms with Gasteiger partial charge in [0, 0.05) is 0 Å². The van der Waals surface area contributed by atoms with Gasteiger partial charge in [-0.3, -0.25) is 0 Å². The molecule has 0 spiro atoms. The maximum Gasteiger partial charge on any atom is -0.0241 e. The van der Waals surface area contributed by atoms with Gasteiger partial charge in [-0.1, -0.05) is 39.5 Å². The van der Waals surface area contributed by atoms with Gasteiger partial charge in [0.1, 0.15) is 0 Å². The SMILES string of the molecule is CC12CCCC1(C)C1CCC3CCCCC3C1CC2. The van der Waals surface area contributed by atoms with Crippen LogP contribution in [0.5, 0.6) is 0 Å². The monoisotopic (exact) mass is 260 g/mol. The second-order valence-electron chi connectivity index (χ2n) is 8.93. The molecular weight excluding hydrogens is 228 g/mol. The first-order chi connectivity index (χ1) is 9.14. The van der Waals surface area contributed by atoms with E-state index in [1.165, 1.54) is 19.3 Å². The summed E-state index contributed by atoms with van der Waals surface area (Å²) in [6.07, 6.45) is 17.1. The largest absolute Gasteiger partial charge is 0.0591 e. The highest BCUT2D eigenvalue weighted by Gasteiger charge is 2.59. The van der Waals surface area contributed by atoms with E-state index in [0.29, 0.717) is 10.8 Å². The Morgan fingerprint density at radius 1 is 0.684 bits per heavy atom. The minimum absolute atomic E-state index is 0.704. The van der Waals surface area contributed by atoms with Gasteiger partial charge < -0.3 is 0 Å². The summed E-state index contributed by atoms with van der Waals surface area (Å²) in [6, 6.07) is 0. The quantitative estimate of drug-likeness (QED) is 0.515. The Bertz CT molecular complexity index is 359. The summed E-state index contributed by atoms with van der Waals surface area (Å²) in [5.41, 5.74) is 1.41. The molecular formula is C19H32. The molecule has 0 aromatic heterocycles. The van der Waals surface area contributed by atoms with E-state index in [1.54, 1.807) is 51.4 Å². The molecule has 4 aliphatic rings. The number of hydrogen-bond donors (Lipinski definition) is 0. The summed E-state index contributed by atoms with van der Waals surface area (Å²) < 4.78 is 0. The lowest BCUT2D eigenvalue weighted by atomic mass is 9.45. The second-order valence-corrected chi connectivity index (χ2v) is 8.93. The van der Waals surface area contributed by atoms with Crippen LogP contribution in [0.2, 0.25) is 0 Å². The van der Waals surface area contributed by atoms with Crippen LogP contribution in [-0.2, 0) is 0 Å².